The van der Waals surface area contributed by atoms with Gasteiger partial charge in [0, 0.05) is 36.6 Å². The molecular formula is C24H27FN2O7. The van der Waals surface area contributed by atoms with Crippen molar-refractivity contribution in [2.45, 2.75) is 44.8 Å². The summed E-state index contributed by atoms with van der Waals surface area (Å²) in [6, 6.07) is 1.77. The molecule has 10 heteroatoms. The highest BCUT2D eigenvalue weighted by Gasteiger charge is 2.60. The zero-order valence-electron chi connectivity index (χ0n) is 18.7. The number of phenolic OH excluding ortho intramolecular Hbond substituents is 1. The maximum absolute atomic E-state index is 13.5. The number of rotatable bonds is 6. The molecule has 0 spiro atoms. The fraction of sp³-hybridized carbons (Fsp3) is 0.458. The molecule has 0 aromatic heterocycles. The number of primary amides is 1. The number of carbonyl (C=O) groups excluding carboxylic acids is 3. The van der Waals surface area contributed by atoms with Gasteiger partial charge >= 0.3 is 0 Å². The minimum absolute atomic E-state index is 0.0588. The minimum Gasteiger partial charge on any atom is -0.508 e. The molecule has 34 heavy (non-hydrogen) atoms. The molecule has 1 amide bonds. The molecule has 0 radical (unpaired) electrons. The number of ketones is 2. The lowest BCUT2D eigenvalue weighted by Gasteiger charge is -2.46. The first kappa shape index (κ1) is 23.9. The number of nitrogens with two attached hydrogens (primary N) is 1. The Balaban J connectivity index is 1.88. The summed E-state index contributed by atoms with van der Waals surface area (Å²) in [7, 11) is 0. The van der Waals surface area contributed by atoms with Gasteiger partial charge in [0.25, 0.3) is 5.91 Å². The van der Waals surface area contributed by atoms with Crippen LogP contribution in [0.1, 0.15) is 42.0 Å². The van der Waals surface area contributed by atoms with E-state index in [1.54, 1.807) is 6.07 Å². The number of amides is 1. The summed E-state index contributed by atoms with van der Waals surface area (Å²) in [5.41, 5.74) is 3.57. The molecule has 1 fully saturated rings. The van der Waals surface area contributed by atoms with Gasteiger partial charge in [-0.25, -0.2) is 4.39 Å². The number of Topliss-reactive ketones (excluding diaryl/α,β-unsaturated/α-hetero) is 2. The quantitative estimate of drug-likeness (QED) is 0.262. The van der Waals surface area contributed by atoms with Crippen LogP contribution in [0.2, 0.25) is 0 Å². The number of nitrogens with one attached hydrogen (secondary N) is 1. The van der Waals surface area contributed by atoms with Crippen LogP contribution in [-0.2, 0) is 33.8 Å². The fourth-order valence-electron chi connectivity index (χ4n) is 5.57. The standard InChI is InChI=1S/C24H27FN2O7/c1-2-10-5-12(9-27-4-3-25)19(29)17-14(10)7-11-6-13-8-15(28)18(23(26)33)22(32)24(13,34)21(31)16(11)20(17)30/h5,11,13,27,29-30,32,34H,2-4,6-9H2,1H3,(H2,26,33). The average Bonchev–Trinajstić information content (AvgIpc) is 2.77. The van der Waals surface area contributed by atoms with Crippen LogP contribution in [-0.4, -0.2) is 56.7 Å². The van der Waals surface area contributed by atoms with Crippen molar-refractivity contribution < 1.29 is 39.2 Å². The Morgan fingerprint density at radius 3 is 2.56 bits per heavy atom. The third-order valence-electron chi connectivity index (χ3n) is 7.20. The molecule has 9 nitrogen and oxygen atoms in total. The van der Waals surface area contributed by atoms with Crippen LogP contribution in [0.5, 0.6) is 5.75 Å². The first-order chi connectivity index (χ1) is 16.1. The number of hydrogen-bond acceptors (Lipinski definition) is 8. The molecule has 1 aromatic carbocycles. The number of halogens is 1. The summed E-state index contributed by atoms with van der Waals surface area (Å²) in [6.45, 7) is 1.52. The molecule has 0 saturated heterocycles. The van der Waals surface area contributed by atoms with Gasteiger partial charge in [-0.05, 0) is 36.3 Å². The first-order valence-electron chi connectivity index (χ1n) is 11.2. The summed E-state index contributed by atoms with van der Waals surface area (Å²) in [5, 5.41) is 46.8. The monoisotopic (exact) mass is 474 g/mol. The molecule has 4 rings (SSSR count). The van der Waals surface area contributed by atoms with Crippen LogP contribution in [0.3, 0.4) is 0 Å². The molecule has 0 aliphatic heterocycles. The molecular weight excluding hydrogens is 447 g/mol. The van der Waals surface area contributed by atoms with Gasteiger partial charge in [-0.1, -0.05) is 13.0 Å². The fourth-order valence-corrected chi connectivity index (χ4v) is 5.57. The number of aliphatic hydroxyl groups is 3. The highest BCUT2D eigenvalue weighted by molar-refractivity contribution is 6.22. The minimum atomic E-state index is -2.58. The van der Waals surface area contributed by atoms with Gasteiger partial charge in [0.15, 0.2) is 11.4 Å². The molecule has 0 heterocycles. The number of aliphatic hydroxyl groups excluding tert-OH is 2. The number of alkyl halides is 1. The van der Waals surface area contributed by atoms with Crippen LogP contribution in [0.25, 0.3) is 5.76 Å². The number of aryl methyl sites for hydroxylation is 1. The third-order valence-corrected chi connectivity index (χ3v) is 7.20. The summed E-state index contributed by atoms with van der Waals surface area (Å²) in [6.07, 6.45) is 0.572. The lowest BCUT2D eigenvalue weighted by atomic mass is 9.59. The van der Waals surface area contributed by atoms with E-state index >= 15 is 0 Å². The van der Waals surface area contributed by atoms with Crippen molar-refractivity contribution in [3.63, 3.8) is 0 Å². The highest BCUT2D eigenvalue weighted by atomic mass is 19.1. The molecule has 1 saturated carbocycles. The van der Waals surface area contributed by atoms with Crippen LogP contribution in [0, 0.1) is 11.8 Å². The predicted octanol–water partition coefficient (Wildman–Crippen LogP) is 1.05. The summed E-state index contributed by atoms with van der Waals surface area (Å²) in [4.78, 5) is 37.6. The lowest BCUT2D eigenvalue weighted by molar-refractivity contribution is -0.147. The zero-order chi connectivity index (χ0) is 24.9. The van der Waals surface area contributed by atoms with Crippen LogP contribution in [0.15, 0.2) is 23.0 Å². The molecule has 7 N–H and O–H groups in total. The Hall–Kier alpha value is -3.24. The van der Waals surface area contributed by atoms with Crippen molar-refractivity contribution in [3.05, 3.63) is 45.2 Å². The Labute approximate surface area is 194 Å². The Morgan fingerprint density at radius 2 is 1.94 bits per heavy atom. The van der Waals surface area contributed by atoms with Gasteiger partial charge in [-0.2, -0.15) is 0 Å². The van der Waals surface area contributed by atoms with Crippen molar-refractivity contribution in [3.8, 4) is 5.75 Å². The number of fused-ring (bicyclic) bond motifs is 3. The van der Waals surface area contributed by atoms with Crippen molar-refractivity contribution in [1.82, 2.24) is 5.32 Å². The van der Waals surface area contributed by atoms with E-state index in [0.29, 0.717) is 17.5 Å². The van der Waals surface area contributed by atoms with E-state index in [-0.39, 0.29) is 49.2 Å². The lowest BCUT2D eigenvalue weighted by Crippen LogP contribution is -2.58. The molecule has 3 aliphatic carbocycles. The van der Waals surface area contributed by atoms with Crippen molar-refractivity contribution in [1.29, 1.82) is 0 Å². The van der Waals surface area contributed by atoms with Gasteiger partial charge in [0.2, 0.25) is 5.78 Å². The van der Waals surface area contributed by atoms with Gasteiger partial charge in [-0.15, -0.1) is 0 Å². The van der Waals surface area contributed by atoms with Crippen molar-refractivity contribution in [2.75, 3.05) is 13.2 Å². The molecule has 182 valence electrons. The van der Waals surface area contributed by atoms with Gasteiger partial charge in [-0.3, -0.25) is 14.4 Å². The summed E-state index contributed by atoms with van der Waals surface area (Å²) >= 11 is 0. The maximum Gasteiger partial charge on any atom is 0.255 e. The van der Waals surface area contributed by atoms with Crippen LogP contribution < -0.4 is 11.1 Å². The maximum atomic E-state index is 13.5. The summed E-state index contributed by atoms with van der Waals surface area (Å²) < 4.78 is 12.5. The number of hydrogen-bond donors (Lipinski definition) is 6. The second-order valence-corrected chi connectivity index (χ2v) is 9.02. The predicted molar refractivity (Wildman–Crippen MR) is 118 cm³/mol. The van der Waals surface area contributed by atoms with Crippen LogP contribution in [0.4, 0.5) is 4.39 Å². The van der Waals surface area contributed by atoms with Crippen molar-refractivity contribution >= 4 is 23.2 Å². The number of benzene rings is 1. The second kappa shape index (κ2) is 8.52. The SMILES string of the molecule is CCc1cc(CNCCF)c(O)c2c1CC1CC3CC(=O)C(C(N)=O)=C(O)C3(O)C(=O)C1=C2O. The number of phenols is 1. The van der Waals surface area contributed by atoms with E-state index in [1.807, 2.05) is 6.92 Å². The molecule has 1 aromatic rings. The summed E-state index contributed by atoms with van der Waals surface area (Å²) in [5.74, 6) is -6.49. The Bertz CT molecular complexity index is 1170. The van der Waals surface area contributed by atoms with E-state index in [0.717, 1.165) is 5.56 Å². The smallest absolute Gasteiger partial charge is 0.255 e. The molecule has 3 aliphatic rings. The van der Waals surface area contributed by atoms with E-state index in [9.17, 15) is 39.2 Å². The molecule has 0 bridgehead atoms. The topological polar surface area (TPSA) is 170 Å². The largest absolute Gasteiger partial charge is 0.508 e. The van der Waals surface area contributed by atoms with Gasteiger partial charge in [0.05, 0.1) is 5.56 Å². The molecule has 3 unspecified atom stereocenters. The highest BCUT2D eigenvalue weighted by Crippen LogP contribution is 2.52. The first-order valence-corrected chi connectivity index (χ1v) is 11.2. The van der Waals surface area contributed by atoms with Gasteiger partial charge in [0.1, 0.15) is 29.5 Å². The normalized spacial score (nSPS) is 26.3. The number of aromatic hydroxyl groups is 1. The molecule has 3 atom stereocenters. The Kier molecular flexibility index (Phi) is 5.99. The Morgan fingerprint density at radius 1 is 1.24 bits per heavy atom. The second-order valence-electron chi connectivity index (χ2n) is 9.02. The third kappa shape index (κ3) is 3.32. The van der Waals surface area contributed by atoms with E-state index in [4.69, 9.17) is 5.73 Å². The average molecular weight is 474 g/mol. The zero-order valence-corrected chi connectivity index (χ0v) is 18.7. The van der Waals surface area contributed by atoms with Crippen LogP contribution >= 0.6 is 0 Å². The number of carbonyl (C=O) groups is 3. The van der Waals surface area contributed by atoms with Gasteiger partial charge < -0.3 is 31.5 Å². The van der Waals surface area contributed by atoms with E-state index in [1.165, 1.54) is 0 Å². The van der Waals surface area contributed by atoms with E-state index < -0.39 is 58.7 Å². The van der Waals surface area contributed by atoms with Crippen molar-refractivity contribution in [2.24, 2.45) is 17.6 Å². The van der Waals surface area contributed by atoms with E-state index in [2.05, 4.69) is 5.32 Å².